The van der Waals surface area contributed by atoms with Gasteiger partial charge >= 0.3 is 6.03 Å². The van der Waals surface area contributed by atoms with Crippen molar-refractivity contribution in [3.8, 4) is 0 Å². The van der Waals surface area contributed by atoms with E-state index in [4.69, 9.17) is 0 Å². The highest BCUT2D eigenvalue weighted by Gasteiger charge is 2.06. The van der Waals surface area contributed by atoms with Crippen LogP contribution < -0.4 is 10.6 Å². The van der Waals surface area contributed by atoms with Crippen molar-refractivity contribution in [2.75, 3.05) is 32.5 Å². The minimum Gasteiger partial charge on any atom is -0.351 e. The van der Waals surface area contributed by atoms with Crippen LogP contribution in [0.15, 0.2) is 0 Å². The summed E-state index contributed by atoms with van der Waals surface area (Å²) in [4.78, 5) is 17.2. The third-order valence-corrected chi connectivity index (χ3v) is 2.60. The topological polar surface area (TPSA) is 83.0 Å². The maximum absolute atomic E-state index is 11.3. The molecule has 1 heterocycles. The fourth-order valence-electron chi connectivity index (χ4n) is 1.51. The van der Waals surface area contributed by atoms with Crippen LogP contribution in [-0.4, -0.2) is 53.3 Å². The van der Waals surface area contributed by atoms with Crippen LogP contribution in [0, 0.1) is 0 Å². The van der Waals surface area contributed by atoms with Gasteiger partial charge in [0.2, 0.25) is 5.95 Å². The molecular formula is C12H22N6O. The van der Waals surface area contributed by atoms with Gasteiger partial charge in [-0.2, -0.15) is 5.10 Å². The highest BCUT2D eigenvalue weighted by atomic mass is 16.2. The Bertz CT molecular complexity index is 421. The molecule has 0 radical (unpaired) electrons. The number of nitrogens with one attached hydrogen (secondary N) is 2. The minimum absolute atomic E-state index is 0.114. The first-order valence-electron chi connectivity index (χ1n) is 6.50. The molecule has 106 valence electrons. The van der Waals surface area contributed by atoms with Gasteiger partial charge in [0.15, 0.2) is 0 Å². The van der Waals surface area contributed by atoms with Gasteiger partial charge in [0, 0.05) is 27.2 Å². The number of amides is 2. The lowest BCUT2D eigenvalue weighted by Gasteiger charge is -2.12. The zero-order chi connectivity index (χ0) is 14.3. The third-order valence-electron chi connectivity index (χ3n) is 2.60. The fourth-order valence-corrected chi connectivity index (χ4v) is 1.51. The Morgan fingerprint density at radius 3 is 2.37 bits per heavy atom. The molecule has 0 fully saturated rings. The molecule has 0 saturated carbocycles. The average molecular weight is 266 g/mol. The Balaban J connectivity index is 2.43. The van der Waals surface area contributed by atoms with Crippen LogP contribution in [-0.2, 0) is 12.8 Å². The van der Waals surface area contributed by atoms with Crippen LogP contribution in [0.1, 0.15) is 25.2 Å². The number of nitrogens with zero attached hydrogens (tertiary/aromatic N) is 4. The van der Waals surface area contributed by atoms with Crippen LogP contribution in [0.3, 0.4) is 0 Å². The molecule has 0 aliphatic carbocycles. The number of anilines is 1. The van der Waals surface area contributed by atoms with Gasteiger partial charge in [0.1, 0.15) is 0 Å². The first-order chi connectivity index (χ1) is 9.08. The molecule has 1 aromatic rings. The van der Waals surface area contributed by atoms with Crippen LogP contribution in [0.2, 0.25) is 0 Å². The van der Waals surface area contributed by atoms with Crippen molar-refractivity contribution in [2.24, 2.45) is 0 Å². The van der Waals surface area contributed by atoms with Crippen molar-refractivity contribution in [1.29, 1.82) is 0 Å². The van der Waals surface area contributed by atoms with Crippen LogP contribution in [0.5, 0.6) is 0 Å². The van der Waals surface area contributed by atoms with Gasteiger partial charge in [0.05, 0.1) is 11.4 Å². The monoisotopic (exact) mass is 266 g/mol. The van der Waals surface area contributed by atoms with E-state index in [1.165, 1.54) is 4.90 Å². The molecule has 0 spiro atoms. The number of carbonyl (C=O) groups excluding carboxylic acids is 1. The second-order valence-corrected chi connectivity index (χ2v) is 4.29. The van der Waals surface area contributed by atoms with Crippen molar-refractivity contribution in [2.45, 2.75) is 26.7 Å². The lowest BCUT2D eigenvalue weighted by atomic mass is 10.2. The molecule has 0 bridgehead atoms. The number of hydrogen-bond acceptors (Lipinski definition) is 5. The van der Waals surface area contributed by atoms with Crippen molar-refractivity contribution in [1.82, 2.24) is 25.4 Å². The Morgan fingerprint density at radius 1 is 1.11 bits per heavy atom. The lowest BCUT2D eigenvalue weighted by Crippen LogP contribution is -2.37. The molecule has 19 heavy (non-hydrogen) atoms. The molecule has 0 saturated heterocycles. The van der Waals surface area contributed by atoms with Crippen molar-refractivity contribution in [3.05, 3.63) is 11.4 Å². The predicted octanol–water partition coefficient (Wildman–Crippen LogP) is 0.680. The highest BCUT2D eigenvalue weighted by molar-refractivity contribution is 5.73. The van der Waals surface area contributed by atoms with Crippen LogP contribution in [0.25, 0.3) is 0 Å². The van der Waals surface area contributed by atoms with Crippen LogP contribution in [0.4, 0.5) is 10.7 Å². The van der Waals surface area contributed by atoms with Crippen molar-refractivity contribution in [3.63, 3.8) is 0 Å². The molecule has 0 unspecified atom stereocenters. The summed E-state index contributed by atoms with van der Waals surface area (Å²) < 4.78 is 0. The zero-order valence-corrected chi connectivity index (χ0v) is 12.0. The number of aryl methyl sites for hydroxylation is 2. The molecule has 1 aromatic heterocycles. The molecule has 1 rings (SSSR count). The minimum atomic E-state index is -0.114. The summed E-state index contributed by atoms with van der Waals surface area (Å²) in [6, 6.07) is -0.114. The number of aromatic nitrogens is 3. The van der Waals surface area contributed by atoms with E-state index in [1.54, 1.807) is 14.1 Å². The molecule has 0 aromatic carbocycles. The smallest absolute Gasteiger partial charge is 0.316 e. The number of hydrogen-bond donors (Lipinski definition) is 2. The van der Waals surface area contributed by atoms with Gasteiger partial charge in [0.25, 0.3) is 0 Å². The van der Waals surface area contributed by atoms with Crippen molar-refractivity contribution < 1.29 is 4.79 Å². The number of carbonyl (C=O) groups is 1. The van der Waals surface area contributed by atoms with E-state index >= 15 is 0 Å². The van der Waals surface area contributed by atoms with Crippen molar-refractivity contribution >= 4 is 12.0 Å². The molecule has 7 nitrogen and oxygen atoms in total. The van der Waals surface area contributed by atoms with E-state index < -0.39 is 0 Å². The number of rotatable bonds is 6. The average Bonchev–Trinajstić information content (AvgIpc) is 2.42. The van der Waals surface area contributed by atoms with Gasteiger partial charge in [-0.15, -0.1) is 5.10 Å². The number of urea groups is 1. The summed E-state index contributed by atoms with van der Waals surface area (Å²) in [7, 11) is 3.40. The van der Waals surface area contributed by atoms with E-state index in [0.29, 0.717) is 19.0 Å². The maximum Gasteiger partial charge on any atom is 0.316 e. The summed E-state index contributed by atoms with van der Waals surface area (Å²) in [6.07, 6.45) is 1.67. The largest absolute Gasteiger partial charge is 0.351 e. The SMILES string of the molecule is CCc1nnc(NCCNC(=O)N(C)C)nc1CC. The quantitative estimate of drug-likeness (QED) is 0.740. The molecule has 7 heteroatoms. The maximum atomic E-state index is 11.3. The van der Waals surface area contributed by atoms with E-state index in [9.17, 15) is 4.79 Å². The summed E-state index contributed by atoms with van der Waals surface area (Å²) in [5.74, 6) is 0.508. The summed E-state index contributed by atoms with van der Waals surface area (Å²) in [5, 5.41) is 14.0. The van der Waals surface area contributed by atoms with Gasteiger partial charge in [-0.05, 0) is 12.8 Å². The Kier molecular flexibility index (Phi) is 5.98. The predicted molar refractivity (Wildman–Crippen MR) is 74.2 cm³/mol. The normalized spacial score (nSPS) is 10.1. The van der Waals surface area contributed by atoms with Gasteiger partial charge < -0.3 is 15.5 Å². The molecule has 0 aliphatic rings. The second kappa shape index (κ2) is 7.50. The summed E-state index contributed by atoms with van der Waals surface area (Å²) in [6.45, 7) is 5.16. The van der Waals surface area contributed by atoms with E-state index in [1.807, 2.05) is 13.8 Å². The first kappa shape index (κ1) is 15.1. The first-order valence-corrected chi connectivity index (χ1v) is 6.50. The van der Waals surface area contributed by atoms with Gasteiger partial charge in [-0.1, -0.05) is 13.8 Å². The van der Waals surface area contributed by atoms with Gasteiger partial charge in [-0.3, -0.25) is 0 Å². The highest BCUT2D eigenvalue weighted by Crippen LogP contribution is 2.06. The Hall–Kier alpha value is -1.92. The Labute approximate surface area is 113 Å². The molecule has 2 amide bonds. The molecule has 0 atom stereocenters. The van der Waals surface area contributed by atoms with Gasteiger partial charge in [-0.25, -0.2) is 9.78 Å². The van der Waals surface area contributed by atoms with E-state index in [0.717, 1.165) is 24.2 Å². The standard InChI is InChI=1S/C12H22N6O/c1-5-9-10(6-2)16-17-11(15-9)13-7-8-14-12(19)18(3)4/h5-8H2,1-4H3,(H,14,19)(H,13,15,17). The summed E-state index contributed by atoms with van der Waals surface area (Å²) >= 11 is 0. The van der Waals surface area contributed by atoms with E-state index in [-0.39, 0.29) is 6.03 Å². The van der Waals surface area contributed by atoms with Crippen LogP contribution >= 0.6 is 0 Å². The lowest BCUT2D eigenvalue weighted by molar-refractivity contribution is 0.218. The molecular weight excluding hydrogens is 244 g/mol. The molecule has 0 aliphatic heterocycles. The Morgan fingerprint density at radius 2 is 1.79 bits per heavy atom. The van der Waals surface area contributed by atoms with E-state index in [2.05, 4.69) is 25.8 Å². The fraction of sp³-hybridized carbons (Fsp3) is 0.667. The zero-order valence-electron chi connectivity index (χ0n) is 12.0. The third kappa shape index (κ3) is 4.69. The second-order valence-electron chi connectivity index (χ2n) is 4.29. The molecule has 2 N–H and O–H groups in total. The summed E-state index contributed by atoms with van der Waals surface area (Å²) in [5.41, 5.74) is 1.91.